The summed E-state index contributed by atoms with van der Waals surface area (Å²) in [7, 11) is 1.53. The number of piperidine rings is 2. The minimum atomic E-state index is -0.163. The van der Waals surface area contributed by atoms with E-state index in [-0.39, 0.29) is 11.9 Å². The second-order valence-electron chi connectivity index (χ2n) is 9.01. The number of likely N-dealkylation sites (tertiary alicyclic amines) is 2. The lowest BCUT2D eigenvalue weighted by atomic mass is 9.95. The maximum atomic E-state index is 12.8. The van der Waals surface area contributed by atoms with Crippen LogP contribution in [0.4, 0.5) is 5.69 Å². The molecule has 2 saturated heterocycles. The van der Waals surface area contributed by atoms with Gasteiger partial charge in [0.2, 0.25) is 0 Å². The number of halogens is 1. The fraction of sp³-hybridized carbons (Fsp3) is 0.667. The Morgan fingerprint density at radius 1 is 1.18 bits per heavy atom. The van der Waals surface area contributed by atoms with Crippen molar-refractivity contribution in [2.24, 2.45) is 5.92 Å². The van der Waals surface area contributed by atoms with Crippen LogP contribution < -0.4 is 15.8 Å². The number of nitrogens with two attached hydrogens (primary N) is 1. The van der Waals surface area contributed by atoms with E-state index in [0.29, 0.717) is 27.9 Å². The lowest BCUT2D eigenvalue weighted by Crippen LogP contribution is -2.49. The van der Waals surface area contributed by atoms with Crippen LogP contribution in [0.3, 0.4) is 0 Å². The van der Waals surface area contributed by atoms with E-state index in [9.17, 15) is 4.79 Å². The highest BCUT2D eigenvalue weighted by atomic mass is 35.5. The van der Waals surface area contributed by atoms with Crippen molar-refractivity contribution in [3.8, 4) is 5.75 Å². The molecule has 0 radical (unpaired) electrons. The van der Waals surface area contributed by atoms with Gasteiger partial charge < -0.3 is 30.5 Å². The van der Waals surface area contributed by atoms with Gasteiger partial charge in [0.1, 0.15) is 5.75 Å². The average Bonchev–Trinajstić information content (AvgIpc) is 2.83. The summed E-state index contributed by atoms with van der Waals surface area (Å²) in [5.74, 6) is 0.996. The molecule has 0 atom stereocenters. The van der Waals surface area contributed by atoms with E-state index < -0.39 is 0 Å². The van der Waals surface area contributed by atoms with Gasteiger partial charge in [0, 0.05) is 57.9 Å². The van der Waals surface area contributed by atoms with Gasteiger partial charge >= 0.3 is 0 Å². The first kappa shape index (κ1) is 25.8. The van der Waals surface area contributed by atoms with Gasteiger partial charge in [-0.15, -0.1) is 0 Å². The summed E-state index contributed by atoms with van der Waals surface area (Å²) in [6, 6.07) is 3.33. The Morgan fingerprint density at radius 2 is 1.82 bits per heavy atom. The van der Waals surface area contributed by atoms with E-state index in [1.807, 2.05) is 0 Å². The number of carbonyl (C=O) groups excluding carboxylic acids is 1. The number of hydrogen-bond acceptors (Lipinski definition) is 5. The number of benzene rings is 1. The molecule has 0 bridgehead atoms. The second kappa shape index (κ2) is 12.1. The molecule has 1 aromatic carbocycles. The molecule has 0 aliphatic carbocycles. The molecular formula is C24H38ClN5O2S. The summed E-state index contributed by atoms with van der Waals surface area (Å²) in [4.78, 5) is 20.0. The van der Waals surface area contributed by atoms with Crippen molar-refractivity contribution in [1.82, 2.24) is 20.0 Å². The summed E-state index contributed by atoms with van der Waals surface area (Å²) < 4.78 is 5.32. The fourth-order valence-corrected chi connectivity index (χ4v) is 5.41. The minimum absolute atomic E-state index is 0.156. The first-order chi connectivity index (χ1) is 15.9. The quantitative estimate of drug-likeness (QED) is 0.443. The van der Waals surface area contributed by atoms with Crippen molar-refractivity contribution < 1.29 is 9.53 Å². The van der Waals surface area contributed by atoms with Crippen molar-refractivity contribution in [2.75, 3.05) is 58.7 Å². The highest BCUT2D eigenvalue weighted by molar-refractivity contribution is 7.80. The molecule has 2 aliphatic rings. The fourth-order valence-electron chi connectivity index (χ4n) is 4.80. The van der Waals surface area contributed by atoms with E-state index in [0.717, 1.165) is 63.8 Å². The number of amides is 1. The van der Waals surface area contributed by atoms with Crippen LogP contribution in [0.2, 0.25) is 5.02 Å². The summed E-state index contributed by atoms with van der Waals surface area (Å²) in [5, 5.41) is 4.52. The number of anilines is 1. The van der Waals surface area contributed by atoms with Gasteiger partial charge in [-0.05, 0) is 63.7 Å². The Hall–Kier alpha value is -1.77. The third kappa shape index (κ3) is 6.64. The number of hydrogen-bond donors (Lipinski definition) is 2. The van der Waals surface area contributed by atoms with E-state index in [4.69, 9.17) is 34.3 Å². The molecule has 33 heavy (non-hydrogen) atoms. The molecule has 1 aromatic rings. The maximum Gasteiger partial charge on any atom is 0.255 e. The molecule has 3 N–H and O–H groups in total. The Labute approximate surface area is 208 Å². The molecule has 1 amide bonds. The number of thiocarbonyl (C=S) groups is 1. The van der Waals surface area contributed by atoms with E-state index in [1.54, 1.807) is 12.1 Å². The molecular weight excluding hydrogens is 458 g/mol. The standard InChI is InChI=1S/C24H38ClN5O2S/c1-4-29(5-2)24(33)30-12-6-17(7-13-30)16-28-10-8-18(9-11-28)27-23(31)19-14-20(25)21(26)15-22(19)32-3/h14-15,17-18H,4-13,16,26H2,1-3H3,(H,27,31). The number of nitrogen functional groups attached to an aromatic ring is 1. The van der Waals surface area contributed by atoms with E-state index in [1.165, 1.54) is 20.0 Å². The third-order valence-corrected chi connectivity index (χ3v) is 7.77. The zero-order valence-electron chi connectivity index (χ0n) is 20.1. The van der Waals surface area contributed by atoms with Crippen LogP contribution in [0.15, 0.2) is 12.1 Å². The van der Waals surface area contributed by atoms with E-state index >= 15 is 0 Å². The molecule has 3 rings (SSSR count). The zero-order chi connectivity index (χ0) is 24.0. The molecule has 0 unspecified atom stereocenters. The van der Waals surface area contributed by atoms with Gasteiger partial charge in [-0.25, -0.2) is 0 Å². The number of methoxy groups -OCH3 is 1. The molecule has 7 nitrogen and oxygen atoms in total. The molecule has 0 saturated carbocycles. The number of ether oxygens (including phenoxy) is 1. The molecule has 9 heteroatoms. The van der Waals surface area contributed by atoms with Gasteiger partial charge in [-0.1, -0.05) is 11.6 Å². The lowest BCUT2D eigenvalue weighted by molar-refractivity contribution is 0.0895. The van der Waals surface area contributed by atoms with Crippen LogP contribution in [0.5, 0.6) is 5.75 Å². The van der Waals surface area contributed by atoms with Crippen molar-refractivity contribution in [3.05, 3.63) is 22.7 Å². The Bertz CT molecular complexity index is 819. The number of nitrogens with one attached hydrogen (secondary N) is 1. The smallest absolute Gasteiger partial charge is 0.255 e. The van der Waals surface area contributed by atoms with Crippen molar-refractivity contribution in [3.63, 3.8) is 0 Å². The first-order valence-corrected chi connectivity index (χ1v) is 12.8. The van der Waals surface area contributed by atoms with Crippen LogP contribution in [-0.4, -0.2) is 84.7 Å². The summed E-state index contributed by atoms with van der Waals surface area (Å²) in [6.45, 7) is 11.5. The molecule has 2 fully saturated rings. The normalized spacial score (nSPS) is 18.2. The third-order valence-electron chi connectivity index (χ3n) is 6.92. The van der Waals surface area contributed by atoms with Crippen LogP contribution in [0.25, 0.3) is 0 Å². The van der Waals surface area contributed by atoms with Crippen molar-refractivity contribution in [2.45, 2.75) is 45.6 Å². The lowest BCUT2D eigenvalue weighted by Gasteiger charge is -2.40. The Kier molecular flexibility index (Phi) is 9.47. The van der Waals surface area contributed by atoms with Crippen LogP contribution in [-0.2, 0) is 0 Å². The van der Waals surface area contributed by atoms with Crippen molar-refractivity contribution in [1.29, 1.82) is 0 Å². The number of rotatable bonds is 7. The highest BCUT2D eigenvalue weighted by Gasteiger charge is 2.27. The number of carbonyl (C=O) groups is 1. The highest BCUT2D eigenvalue weighted by Crippen LogP contribution is 2.29. The topological polar surface area (TPSA) is 74.1 Å². The molecule has 184 valence electrons. The number of nitrogens with zero attached hydrogens (tertiary/aromatic N) is 3. The van der Waals surface area contributed by atoms with Gasteiger partial charge in [0.25, 0.3) is 5.91 Å². The van der Waals surface area contributed by atoms with Gasteiger partial charge in [-0.3, -0.25) is 4.79 Å². The molecule has 0 aromatic heterocycles. The summed E-state index contributed by atoms with van der Waals surface area (Å²) >= 11 is 11.8. The predicted octanol–water partition coefficient (Wildman–Crippen LogP) is 3.46. The Morgan fingerprint density at radius 3 is 2.39 bits per heavy atom. The van der Waals surface area contributed by atoms with E-state index in [2.05, 4.69) is 33.9 Å². The van der Waals surface area contributed by atoms with Crippen molar-refractivity contribution >= 4 is 40.5 Å². The first-order valence-electron chi connectivity index (χ1n) is 12.1. The Balaban J connectivity index is 1.42. The SMILES string of the molecule is CCN(CC)C(=S)N1CCC(CN2CCC(NC(=O)c3cc(Cl)c(N)cc3OC)CC2)CC1. The maximum absolute atomic E-state index is 12.8. The van der Waals surface area contributed by atoms with Crippen LogP contribution in [0.1, 0.15) is 49.9 Å². The van der Waals surface area contributed by atoms with Gasteiger partial charge in [-0.2, -0.15) is 0 Å². The molecule has 2 aliphatic heterocycles. The summed E-state index contributed by atoms with van der Waals surface area (Å²) in [6.07, 6.45) is 4.27. The van der Waals surface area contributed by atoms with Gasteiger partial charge in [0.05, 0.1) is 23.4 Å². The summed E-state index contributed by atoms with van der Waals surface area (Å²) in [5.41, 5.74) is 6.66. The predicted molar refractivity (Wildman–Crippen MR) is 139 cm³/mol. The molecule has 0 spiro atoms. The van der Waals surface area contributed by atoms with Crippen LogP contribution in [0, 0.1) is 5.92 Å². The largest absolute Gasteiger partial charge is 0.496 e. The zero-order valence-corrected chi connectivity index (χ0v) is 21.7. The average molecular weight is 496 g/mol. The second-order valence-corrected chi connectivity index (χ2v) is 9.78. The molecule has 2 heterocycles. The van der Waals surface area contributed by atoms with Gasteiger partial charge in [0.15, 0.2) is 5.11 Å². The minimum Gasteiger partial charge on any atom is -0.496 e. The van der Waals surface area contributed by atoms with Crippen LogP contribution >= 0.6 is 23.8 Å². The monoisotopic (exact) mass is 495 g/mol.